The number of rotatable bonds is 1. The van der Waals surface area contributed by atoms with Gasteiger partial charge >= 0.3 is 11.6 Å². The Morgan fingerprint density at radius 3 is 3.12 bits per heavy atom. The summed E-state index contributed by atoms with van der Waals surface area (Å²) in [6, 6.07) is 1.46. The lowest BCUT2D eigenvalue weighted by molar-refractivity contribution is -0.0337. The van der Waals surface area contributed by atoms with Crippen LogP contribution in [0.3, 0.4) is 0 Å². The highest BCUT2D eigenvalue weighted by atomic mass is 16.7. The molecule has 1 aromatic carbocycles. The molecule has 0 unspecified atom stereocenters. The Morgan fingerprint density at radius 1 is 1.33 bits per heavy atom. The highest BCUT2D eigenvalue weighted by Gasteiger charge is 2.43. The minimum Gasteiger partial charge on any atom is -0.496 e. The number of methoxy groups -OCH3 is 1. The molecule has 7 nitrogen and oxygen atoms in total. The lowest BCUT2D eigenvalue weighted by Gasteiger charge is -2.19. The first kappa shape index (κ1) is 11.1. The summed E-state index contributed by atoms with van der Waals surface area (Å²) in [5.74, 6) is -0.594. The van der Waals surface area contributed by atoms with Gasteiger partial charge in [-0.1, -0.05) is 0 Å². The number of hydrogen-bond acceptors (Lipinski definition) is 7. The SMILES string of the molecule is [2H]C([2H])([2H])Oc1cc2c(c3oc(=O)c4c(c13)CCOC4=O)[C@H]1CCO[C@H]1O2. The maximum Gasteiger partial charge on any atom is 0.351 e. The summed E-state index contributed by atoms with van der Waals surface area (Å²) in [6.45, 7) is 0.589. The topological polar surface area (TPSA) is 84.2 Å². The van der Waals surface area contributed by atoms with E-state index in [1.54, 1.807) is 0 Å². The second-order valence-electron chi connectivity index (χ2n) is 5.97. The quantitative estimate of drug-likeness (QED) is 0.580. The van der Waals surface area contributed by atoms with Crippen molar-refractivity contribution in [3.63, 3.8) is 0 Å². The van der Waals surface area contributed by atoms with Gasteiger partial charge in [0, 0.05) is 18.1 Å². The molecular weight excluding hydrogens is 316 g/mol. The molecule has 1 saturated heterocycles. The van der Waals surface area contributed by atoms with Crippen LogP contribution in [0.5, 0.6) is 11.5 Å². The normalized spacial score (nSPS) is 26.5. The van der Waals surface area contributed by atoms with Gasteiger partial charge in [0.1, 0.15) is 22.6 Å². The van der Waals surface area contributed by atoms with Gasteiger partial charge in [-0.05, 0) is 12.0 Å². The summed E-state index contributed by atoms with van der Waals surface area (Å²) in [7, 11) is -2.73. The van der Waals surface area contributed by atoms with Crippen LogP contribution in [0.1, 0.15) is 37.9 Å². The highest BCUT2D eigenvalue weighted by Crippen LogP contribution is 2.50. The maximum atomic E-state index is 12.5. The number of carbonyl (C=O) groups is 1. The van der Waals surface area contributed by atoms with Gasteiger partial charge in [-0.3, -0.25) is 0 Å². The molecule has 2 atom stereocenters. The van der Waals surface area contributed by atoms with Crippen molar-refractivity contribution in [2.24, 2.45) is 0 Å². The Kier molecular flexibility index (Phi) is 2.19. The highest BCUT2D eigenvalue weighted by molar-refractivity contribution is 6.01. The summed E-state index contributed by atoms with van der Waals surface area (Å²) in [6.07, 6.45) is 0.414. The average molecular weight is 333 g/mol. The van der Waals surface area contributed by atoms with Crippen molar-refractivity contribution in [1.29, 1.82) is 0 Å². The summed E-state index contributed by atoms with van der Waals surface area (Å²) in [5, 5.41) is 0.298. The number of hydrogen-bond donors (Lipinski definition) is 0. The third-order valence-electron chi connectivity index (χ3n) is 4.80. The number of cyclic esters (lactones) is 1. The fourth-order valence-corrected chi connectivity index (χ4v) is 3.80. The van der Waals surface area contributed by atoms with Crippen molar-refractivity contribution in [2.45, 2.75) is 25.0 Å². The molecule has 3 aliphatic heterocycles. The Morgan fingerprint density at radius 2 is 2.25 bits per heavy atom. The van der Waals surface area contributed by atoms with Gasteiger partial charge < -0.3 is 23.4 Å². The summed E-state index contributed by atoms with van der Waals surface area (Å²) in [5.41, 5.74) is 0.161. The number of benzene rings is 1. The molecule has 0 aliphatic carbocycles. The van der Waals surface area contributed by atoms with Crippen molar-refractivity contribution >= 4 is 16.9 Å². The summed E-state index contributed by atoms with van der Waals surface area (Å²) in [4.78, 5) is 24.6. The van der Waals surface area contributed by atoms with E-state index in [0.717, 1.165) is 0 Å². The molecule has 5 rings (SSSR count). The van der Waals surface area contributed by atoms with Crippen LogP contribution in [0.15, 0.2) is 15.3 Å². The first-order chi connectivity index (χ1) is 12.8. The molecule has 3 aliphatic rings. The van der Waals surface area contributed by atoms with E-state index in [4.69, 9.17) is 27.5 Å². The predicted octanol–water partition coefficient (Wildman–Crippen LogP) is 1.74. The smallest absolute Gasteiger partial charge is 0.351 e. The number of ether oxygens (including phenoxy) is 4. The molecule has 4 heterocycles. The summed E-state index contributed by atoms with van der Waals surface area (Å²) < 4.78 is 49.2. The monoisotopic (exact) mass is 333 g/mol. The second kappa shape index (κ2) is 4.73. The van der Waals surface area contributed by atoms with Crippen molar-refractivity contribution in [2.75, 3.05) is 20.3 Å². The molecule has 124 valence electrons. The molecule has 0 radical (unpaired) electrons. The van der Waals surface area contributed by atoms with Crippen LogP contribution in [0.2, 0.25) is 0 Å². The van der Waals surface area contributed by atoms with E-state index in [-0.39, 0.29) is 35.8 Å². The fourth-order valence-electron chi connectivity index (χ4n) is 3.80. The first-order valence-corrected chi connectivity index (χ1v) is 7.64. The molecule has 0 N–H and O–H groups in total. The number of esters is 1. The second-order valence-corrected chi connectivity index (χ2v) is 5.97. The van der Waals surface area contributed by atoms with Gasteiger partial charge in [-0.2, -0.15) is 0 Å². The molecule has 2 aromatic rings. The van der Waals surface area contributed by atoms with Gasteiger partial charge in [0.15, 0.2) is 0 Å². The van der Waals surface area contributed by atoms with E-state index in [1.165, 1.54) is 6.07 Å². The van der Waals surface area contributed by atoms with E-state index in [0.29, 0.717) is 35.3 Å². The molecule has 7 heteroatoms. The maximum absolute atomic E-state index is 12.5. The van der Waals surface area contributed by atoms with E-state index < -0.39 is 24.9 Å². The molecular formula is C17H14O7. The molecule has 1 aromatic heterocycles. The molecule has 0 amide bonds. The van der Waals surface area contributed by atoms with Crippen molar-refractivity contribution < 1.29 is 32.3 Å². The van der Waals surface area contributed by atoms with E-state index in [2.05, 4.69) is 0 Å². The molecule has 0 saturated carbocycles. The molecule has 0 bridgehead atoms. The number of fused-ring (bicyclic) bond motifs is 7. The van der Waals surface area contributed by atoms with Crippen molar-refractivity contribution in [3.8, 4) is 11.5 Å². The van der Waals surface area contributed by atoms with Crippen LogP contribution >= 0.6 is 0 Å². The molecule has 1 fully saturated rings. The van der Waals surface area contributed by atoms with E-state index in [1.807, 2.05) is 0 Å². The summed E-state index contributed by atoms with van der Waals surface area (Å²) >= 11 is 0. The molecule has 24 heavy (non-hydrogen) atoms. The third-order valence-corrected chi connectivity index (χ3v) is 4.80. The fraction of sp³-hybridized carbons (Fsp3) is 0.412. The number of carbonyl (C=O) groups excluding carboxylic acids is 1. The lowest BCUT2D eigenvalue weighted by Crippen LogP contribution is -2.26. The standard InChI is InChI=1S/C17H14O7/c1-20-9-6-10-12(8-3-5-22-17(8)23-10)14-11(9)7-2-4-21-15(18)13(7)16(19)24-14/h6,8,17H,2-5H2,1H3/t8-,17+/m1/s1/i1D3. The minimum absolute atomic E-state index is 0.0292. The van der Waals surface area contributed by atoms with Crippen molar-refractivity contribution in [3.05, 3.63) is 33.2 Å². The van der Waals surface area contributed by atoms with Gasteiger partial charge in [-0.25, -0.2) is 9.59 Å². The van der Waals surface area contributed by atoms with E-state index >= 15 is 0 Å². The first-order valence-electron chi connectivity index (χ1n) is 9.14. The minimum atomic E-state index is -2.73. The van der Waals surface area contributed by atoms with Crippen LogP contribution in [-0.2, 0) is 15.9 Å². The van der Waals surface area contributed by atoms with Crippen LogP contribution in [0.25, 0.3) is 11.0 Å². The van der Waals surface area contributed by atoms with Gasteiger partial charge in [0.05, 0.1) is 35.7 Å². The van der Waals surface area contributed by atoms with Gasteiger partial charge in [0.25, 0.3) is 0 Å². The Hall–Kier alpha value is -2.54. The Balaban J connectivity index is 1.87. The van der Waals surface area contributed by atoms with Crippen LogP contribution < -0.4 is 15.1 Å². The van der Waals surface area contributed by atoms with Crippen LogP contribution in [0.4, 0.5) is 0 Å². The zero-order valence-corrected chi connectivity index (χ0v) is 12.4. The Labute approximate surface area is 140 Å². The van der Waals surface area contributed by atoms with Crippen LogP contribution in [-0.4, -0.2) is 32.5 Å². The van der Waals surface area contributed by atoms with Gasteiger partial charge in [0.2, 0.25) is 6.29 Å². The Bertz CT molecular complexity index is 1040. The molecule has 0 spiro atoms. The van der Waals surface area contributed by atoms with E-state index in [9.17, 15) is 9.59 Å². The predicted molar refractivity (Wildman–Crippen MR) is 80.7 cm³/mol. The van der Waals surface area contributed by atoms with Gasteiger partial charge in [-0.15, -0.1) is 0 Å². The largest absolute Gasteiger partial charge is 0.496 e. The van der Waals surface area contributed by atoms with Crippen LogP contribution in [0, 0.1) is 0 Å². The zero-order valence-electron chi connectivity index (χ0n) is 15.4. The third kappa shape index (κ3) is 1.65. The lowest BCUT2D eigenvalue weighted by atomic mass is 9.92. The van der Waals surface area contributed by atoms with Crippen molar-refractivity contribution in [1.82, 2.24) is 0 Å². The zero-order chi connectivity index (χ0) is 18.9. The average Bonchev–Trinajstić information content (AvgIpc) is 3.13.